The molecule has 0 radical (unpaired) electrons. The third-order valence-corrected chi connectivity index (χ3v) is 4.83. The number of carbonyl (C=O) groups is 1. The maximum Gasteiger partial charge on any atom is 0.323 e. The second-order valence-electron chi connectivity index (χ2n) is 6.98. The van der Waals surface area contributed by atoms with Crippen LogP contribution in [0.4, 0.5) is 0 Å². The summed E-state index contributed by atoms with van der Waals surface area (Å²) < 4.78 is 5.88. The van der Waals surface area contributed by atoms with Gasteiger partial charge in [0.15, 0.2) is 0 Å². The maximum atomic E-state index is 11.6. The average molecular weight is 298 g/mol. The lowest BCUT2D eigenvalue weighted by molar-refractivity contribution is -0.145. The van der Waals surface area contributed by atoms with Crippen LogP contribution in [-0.2, 0) is 9.53 Å². The van der Waals surface area contributed by atoms with Gasteiger partial charge < -0.3 is 9.84 Å². The minimum absolute atomic E-state index is 0.165. The van der Waals surface area contributed by atoms with Crippen molar-refractivity contribution in [2.75, 3.05) is 19.7 Å². The first-order valence-electron chi connectivity index (χ1n) is 8.29. The predicted octanol–water partition coefficient (Wildman–Crippen LogP) is 1.86. The summed E-state index contributed by atoms with van der Waals surface area (Å²) in [5.74, 6) is -0.760. The Morgan fingerprint density at radius 1 is 1.43 bits per heavy atom. The van der Waals surface area contributed by atoms with Gasteiger partial charge in [-0.15, -0.1) is 0 Å². The van der Waals surface area contributed by atoms with Gasteiger partial charge in [0.2, 0.25) is 0 Å². The van der Waals surface area contributed by atoms with Gasteiger partial charge in [0.1, 0.15) is 5.54 Å². The van der Waals surface area contributed by atoms with E-state index in [2.05, 4.69) is 10.2 Å². The fourth-order valence-electron chi connectivity index (χ4n) is 3.70. The fourth-order valence-corrected chi connectivity index (χ4v) is 3.70. The molecule has 21 heavy (non-hydrogen) atoms. The number of nitrogens with one attached hydrogen (secondary N) is 1. The van der Waals surface area contributed by atoms with Gasteiger partial charge in [0.05, 0.1) is 12.7 Å². The molecule has 1 aliphatic carbocycles. The highest BCUT2D eigenvalue weighted by atomic mass is 16.5. The van der Waals surface area contributed by atoms with Gasteiger partial charge in [-0.25, -0.2) is 0 Å². The molecule has 0 aromatic carbocycles. The van der Waals surface area contributed by atoms with Crippen LogP contribution in [0.3, 0.4) is 0 Å². The molecular weight excluding hydrogens is 268 g/mol. The maximum absolute atomic E-state index is 11.6. The lowest BCUT2D eigenvalue weighted by atomic mass is 9.89. The van der Waals surface area contributed by atoms with Crippen molar-refractivity contribution in [2.45, 2.75) is 76.6 Å². The Morgan fingerprint density at radius 2 is 2.14 bits per heavy atom. The molecule has 0 aromatic heterocycles. The highest BCUT2D eigenvalue weighted by Crippen LogP contribution is 2.29. The van der Waals surface area contributed by atoms with Gasteiger partial charge in [0.25, 0.3) is 0 Å². The molecule has 1 saturated heterocycles. The topological polar surface area (TPSA) is 61.8 Å². The van der Waals surface area contributed by atoms with Gasteiger partial charge in [-0.3, -0.25) is 15.0 Å². The first kappa shape index (κ1) is 16.7. The summed E-state index contributed by atoms with van der Waals surface area (Å²) in [6.07, 6.45) is 5.86. The van der Waals surface area contributed by atoms with Crippen molar-refractivity contribution in [1.82, 2.24) is 10.2 Å². The Hall–Kier alpha value is -0.650. The van der Waals surface area contributed by atoms with Crippen LogP contribution >= 0.6 is 0 Å². The largest absolute Gasteiger partial charge is 0.480 e. The Bertz CT molecular complexity index is 359. The van der Waals surface area contributed by atoms with E-state index in [1.165, 1.54) is 19.3 Å². The molecule has 0 aromatic rings. The molecule has 3 unspecified atom stereocenters. The molecule has 2 N–H and O–H groups in total. The Balaban J connectivity index is 1.94. The van der Waals surface area contributed by atoms with E-state index in [1.54, 1.807) is 6.92 Å². The third kappa shape index (κ3) is 4.18. The van der Waals surface area contributed by atoms with Crippen molar-refractivity contribution < 1.29 is 14.6 Å². The molecule has 3 atom stereocenters. The molecule has 1 saturated carbocycles. The number of hydrogen-bond donors (Lipinski definition) is 2. The summed E-state index contributed by atoms with van der Waals surface area (Å²) >= 11 is 0. The second kappa shape index (κ2) is 7.07. The normalized spacial score (nSPS) is 29.9. The lowest BCUT2D eigenvalue weighted by Crippen LogP contribution is -2.57. The van der Waals surface area contributed by atoms with Crippen LogP contribution in [0.15, 0.2) is 0 Å². The first-order valence-corrected chi connectivity index (χ1v) is 8.29. The minimum atomic E-state index is -0.851. The van der Waals surface area contributed by atoms with Crippen molar-refractivity contribution in [2.24, 2.45) is 0 Å². The van der Waals surface area contributed by atoms with E-state index in [9.17, 15) is 9.90 Å². The van der Waals surface area contributed by atoms with E-state index in [1.807, 2.05) is 13.8 Å². The summed E-state index contributed by atoms with van der Waals surface area (Å²) in [5, 5.41) is 12.7. The first-order chi connectivity index (χ1) is 9.92. The fraction of sp³-hybridized carbons (Fsp3) is 0.938. The summed E-state index contributed by atoms with van der Waals surface area (Å²) in [7, 11) is 0. The second-order valence-corrected chi connectivity index (χ2v) is 6.98. The molecule has 0 bridgehead atoms. The van der Waals surface area contributed by atoms with E-state index in [-0.39, 0.29) is 6.04 Å². The number of fused-ring (bicyclic) bond motifs is 1. The molecule has 1 aliphatic heterocycles. The number of hydrogen-bond acceptors (Lipinski definition) is 4. The molecule has 122 valence electrons. The number of aliphatic carboxylic acids is 1. The highest BCUT2D eigenvalue weighted by molar-refractivity contribution is 5.78. The Morgan fingerprint density at radius 3 is 2.81 bits per heavy atom. The summed E-state index contributed by atoms with van der Waals surface area (Å²) in [4.78, 5) is 14.1. The van der Waals surface area contributed by atoms with Crippen molar-refractivity contribution in [3.8, 4) is 0 Å². The number of morpholine rings is 1. The summed E-state index contributed by atoms with van der Waals surface area (Å²) in [5.41, 5.74) is -0.851. The number of rotatable bonds is 6. The number of nitrogens with zero attached hydrogens (tertiary/aromatic N) is 1. The van der Waals surface area contributed by atoms with E-state index in [0.29, 0.717) is 18.6 Å². The quantitative estimate of drug-likeness (QED) is 0.784. The zero-order valence-electron chi connectivity index (χ0n) is 13.6. The van der Waals surface area contributed by atoms with E-state index >= 15 is 0 Å². The Kier molecular flexibility index (Phi) is 5.63. The summed E-state index contributed by atoms with van der Waals surface area (Å²) in [6, 6.07) is 0.655. The number of carboxylic acids is 1. The van der Waals surface area contributed by atoms with Gasteiger partial charge in [-0.2, -0.15) is 0 Å². The third-order valence-electron chi connectivity index (χ3n) is 4.83. The van der Waals surface area contributed by atoms with E-state index < -0.39 is 11.5 Å². The SMILES string of the molecule is CC(C)NC(C)(CCN1CCOC2CCCCC21)C(=O)O. The Labute approximate surface area is 128 Å². The molecule has 5 heteroatoms. The van der Waals surface area contributed by atoms with Crippen LogP contribution in [0.1, 0.15) is 52.9 Å². The van der Waals surface area contributed by atoms with Crippen LogP contribution in [0.25, 0.3) is 0 Å². The lowest BCUT2D eigenvalue weighted by Gasteiger charge is -2.44. The predicted molar refractivity (Wildman–Crippen MR) is 82.5 cm³/mol. The minimum Gasteiger partial charge on any atom is -0.480 e. The standard InChI is InChI=1S/C16H30N2O3/c1-12(2)17-16(3,15(19)20)8-9-18-10-11-21-14-7-5-4-6-13(14)18/h12-14,17H,4-11H2,1-3H3,(H,19,20). The molecule has 2 aliphatic rings. The molecule has 0 spiro atoms. The van der Waals surface area contributed by atoms with Gasteiger partial charge in [-0.1, -0.05) is 12.8 Å². The van der Waals surface area contributed by atoms with E-state index in [0.717, 1.165) is 26.1 Å². The van der Waals surface area contributed by atoms with Crippen LogP contribution < -0.4 is 5.32 Å². The van der Waals surface area contributed by atoms with Crippen LogP contribution in [-0.4, -0.2) is 59.4 Å². The zero-order chi connectivity index (χ0) is 15.5. The zero-order valence-corrected chi connectivity index (χ0v) is 13.6. The van der Waals surface area contributed by atoms with Gasteiger partial charge >= 0.3 is 5.97 Å². The van der Waals surface area contributed by atoms with Crippen LogP contribution in [0, 0.1) is 0 Å². The van der Waals surface area contributed by atoms with Crippen molar-refractivity contribution >= 4 is 5.97 Å². The molecule has 5 nitrogen and oxygen atoms in total. The number of carboxylic acid groups (broad SMARTS) is 1. The highest BCUT2D eigenvalue weighted by Gasteiger charge is 2.38. The van der Waals surface area contributed by atoms with Crippen LogP contribution in [0.2, 0.25) is 0 Å². The average Bonchev–Trinajstić information content (AvgIpc) is 2.44. The molecule has 1 heterocycles. The van der Waals surface area contributed by atoms with Gasteiger partial charge in [-0.05, 0) is 40.0 Å². The molecule has 0 amide bonds. The number of ether oxygens (including phenoxy) is 1. The monoisotopic (exact) mass is 298 g/mol. The molecule has 2 rings (SSSR count). The molecular formula is C16H30N2O3. The summed E-state index contributed by atoms with van der Waals surface area (Å²) in [6.45, 7) is 8.32. The van der Waals surface area contributed by atoms with Gasteiger partial charge in [0, 0.05) is 25.2 Å². The van der Waals surface area contributed by atoms with Crippen LogP contribution in [0.5, 0.6) is 0 Å². The van der Waals surface area contributed by atoms with E-state index in [4.69, 9.17) is 4.74 Å². The van der Waals surface area contributed by atoms with Crippen molar-refractivity contribution in [1.29, 1.82) is 0 Å². The van der Waals surface area contributed by atoms with Crippen molar-refractivity contribution in [3.63, 3.8) is 0 Å². The van der Waals surface area contributed by atoms with Crippen molar-refractivity contribution in [3.05, 3.63) is 0 Å². The molecule has 2 fully saturated rings. The smallest absolute Gasteiger partial charge is 0.323 e.